The summed E-state index contributed by atoms with van der Waals surface area (Å²) in [6.45, 7) is 1.63. The normalized spacial score (nSPS) is 10.2. The van der Waals surface area contributed by atoms with E-state index in [0.717, 1.165) is 12.1 Å². The minimum Gasteiger partial charge on any atom is -0.508 e. The van der Waals surface area contributed by atoms with E-state index in [1.165, 1.54) is 6.07 Å². The largest absolute Gasteiger partial charge is 0.508 e. The van der Waals surface area contributed by atoms with E-state index in [1.54, 1.807) is 19.1 Å². The molecule has 2 rings (SSSR count). The molecule has 0 aliphatic heterocycles. The molecule has 0 heterocycles. The van der Waals surface area contributed by atoms with E-state index in [1.807, 2.05) is 0 Å². The molecule has 0 unspecified atom stereocenters. The second kappa shape index (κ2) is 5.56. The monoisotopic (exact) mass is 278 g/mol. The Morgan fingerprint density at radius 3 is 2.50 bits per heavy atom. The van der Waals surface area contributed by atoms with E-state index in [4.69, 9.17) is 0 Å². The molecule has 4 nitrogen and oxygen atoms in total. The van der Waals surface area contributed by atoms with Crippen LogP contribution in [0.1, 0.15) is 5.56 Å². The predicted molar refractivity (Wildman–Crippen MR) is 71.8 cm³/mol. The van der Waals surface area contributed by atoms with Crippen molar-refractivity contribution in [3.8, 4) is 5.75 Å². The minimum absolute atomic E-state index is 0.0377. The minimum atomic E-state index is -0.868. The number of hydrogen-bond acceptors (Lipinski definition) is 2. The van der Waals surface area contributed by atoms with Crippen molar-refractivity contribution in [2.24, 2.45) is 0 Å². The topological polar surface area (TPSA) is 61.4 Å². The second-order valence-electron chi connectivity index (χ2n) is 4.15. The smallest absolute Gasteiger partial charge is 0.323 e. The zero-order chi connectivity index (χ0) is 14.7. The Hall–Kier alpha value is -2.63. The molecule has 2 aromatic carbocycles. The van der Waals surface area contributed by atoms with Gasteiger partial charge < -0.3 is 15.7 Å². The van der Waals surface area contributed by atoms with E-state index in [-0.39, 0.29) is 11.4 Å². The highest BCUT2D eigenvalue weighted by Gasteiger charge is 2.10. The van der Waals surface area contributed by atoms with Crippen LogP contribution in [0.25, 0.3) is 0 Å². The van der Waals surface area contributed by atoms with Gasteiger partial charge >= 0.3 is 6.03 Å². The second-order valence-corrected chi connectivity index (χ2v) is 4.15. The lowest BCUT2D eigenvalue weighted by molar-refractivity contribution is 0.262. The fourth-order valence-electron chi connectivity index (χ4n) is 1.63. The first kappa shape index (κ1) is 13.8. The van der Waals surface area contributed by atoms with Gasteiger partial charge in [0.15, 0.2) is 0 Å². The summed E-state index contributed by atoms with van der Waals surface area (Å²) in [5.74, 6) is -1.55. The number of phenolic OH excluding ortho intramolecular Hbond substituents is 1. The number of amides is 2. The van der Waals surface area contributed by atoms with E-state index >= 15 is 0 Å². The number of anilines is 2. The van der Waals surface area contributed by atoms with Crippen molar-refractivity contribution in [3.05, 3.63) is 53.6 Å². The molecule has 0 aliphatic rings. The number of carbonyl (C=O) groups is 1. The predicted octanol–water partition coefficient (Wildman–Crippen LogP) is 3.62. The number of hydrogen-bond donors (Lipinski definition) is 3. The van der Waals surface area contributed by atoms with Crippen LogP contribution in [0.3, 0.4) is 0 Å². The molecule has 0 radical (unpaired) electrons. The molecule has 0 spiro atoms. The molecule has 2 amide bonds. The quantitative estimate of drug-likeness (QED) is 0.785. The van der Waals surface area contributed by atoms with Crippen LogP contribution in [0.2, 0.25) is 0 Å². The number of aromatic hydroxyl groups is 1. The first-order valence-electron chi connectivity index (χ1n) is 5.79. The average Bonchev–Trinajstić information content (AvgIpc) is 2.38. The van der Waals surface area contributed by atoms with Gasteiger partial charge in [-0.15, -0.1) is 0 Å². The van der Waals surface area contributed by atoms with Crippen molar-refractivity contribution in [2.45, 2.75) is 6.92 Å². The lowest BCUT2D eigenvalue weighted by atomic mass is 10.2. The van der Waals surface area contributed by atoms with E-state index in [0.29, 0.717) is 17.3 Å². The summed E-state index contributed by atoms with van der Waals surface area (Å²) >= 11 is 0. The number of carbonyl (C=O) groups excluding carboxylic acids is 1. The zero-order valence-electron chi connectivity index (χ0n) is 10.6. The first-order valence-corrected chi connectivity index (χ1v) is 5.79. The van der Waals surface area contributed by atoms with Crippen molar-refractivity contribution >= 4 is 17.4 Å². The fraction of sp³-hybridized carbons (Fsp3) is 0.0714. The highest BCUT2D eigenvalue weighted by Crippen LogP contribution is 2.24. The Morgan fingerprint density at radius 1 is 1.10 bits per heavy atom. The standard InChI is InChI=1S/C14H12F2N2O2/c1-8-11(3-2-4-13(8)19)17-14(20)18-12-6-5-9(15)7-10(12)16/h2-7,19H,1H3,(H2,17,18,20). The summed E-state index contributed by atoms with van der Waals surface area (Å²) in [7, 11) is 0. The molecule has 2 aromatic rings. The molecule has 0 saturated carbocycles. The van der Waals surface area contributed by atoms with Gasteiger partial charge in [0.1, 0.15) is 17.4 Å². The number of rotatable bonds is 2. The number of urea groups is 1. The Kier molecular flexibility index (Phi) is 3.84. The van der Waals surface area contributed by atoms with Crippen LogP contribution in [0.4, 0.5) is 25.0 Å². The van der Waals surface area contributed by atoms with Crippen LogP contribution in [0.15, 0.2) is 36.4 Å². The maximum absolute atomic E-state index is 13.4. The molecule has 0 bridgehead atoms. The van der Waals surface area contributed by atoms with Crippen molar-refractivity contribution in [1.29, 1.82) is 0 Å². The van der Waals surface area contributed by atoms with Crippen LogP contribution in [-0.4, -0.2) is 11.1 Å². The zero-order valence-corrected chi connectivity index (χ0v) is 10.6. The first-order chi connectivity index (χ1) is 9.47. The van der Waals surface area contributed by atoms with Crippen molar-refractivity contribution < 1.29 is 18.7 Å². The van der Waals surface area contributed by atoms with Crippen LogP contribution >= 0.6 is 0 Å². The Morgan fingerprint density at radius 2 is 1.80 bits per heavy atom. The third kappa shape index (κ3) is 3.03. The highest BCUT2D eigenvalue weighted by molar-refractivity contribution is 6.00. The van der Waals surface area contributed by atoms with Crippen LogP contribution in [0, 0.1) is 18.6 Å². The maximum Gasteiger partial charge on any atom is 0.323 e. The SMILES string of the molecule is Cc1c(O)cccc1NC(=O)Nc1ccc(F)cc1F. The lowest BCUT2D eigenvalue weighted by Crippen LogP contribution is -2.20. The Balaban J connectivity index is 2.11. The molecule has 0 aromatic heterocycles. The summed E-state index contributed by atoms with van der Waals surface area (Å²) in [6.07, 6.45) is 0. The molecule has 0 saturated heterocycles. The summed E-state index contributed by atoms with van der Waals surface area (Å²) in [5, 5.41) is 14.2. The molecule has 0 aliphatic carbocycles. The van der Waals surface area contributed by atoms with Gasteiger partial charge in [0.05, 0.1) is 5.69 Å². The summed E-state index contributed by atoms with van der Waals surface area (Å²) in [5.41, 5.74) is 0.744. The van der Waals surface area contributed by atoms with E-state index in [2.05, 4.69) is 10.6 Å². The number of benzene rings is 2. The molecular formula is C14H12F2N2O2. The maximum atomic E-state index is 13.4. The number of nitrogens with one attached hydrogen (secondary N) is 2. The van der Waals surface area contributed by atoms with Gasteiger partial charge in [-0.2, -0.15) is 0 Å². The van der Waals surface area contributed by atoms with Crippen LogP contribution in [0.5, 0.6) is 5.75 Å². The third-order valence-corrected chi connectivity index (χ3v) is 2.73. The number of phenols is 1. The Bertz CT molecular complexity index is 660. The summed E-state index contributed by atoms with van der Waals surface area (Å²) in [6, 6.07) is 6.79. The van der Waals surface area contributed by atoms with Gasteiger partial charge in [-0.3, -0.25) is 0 Å². The van der Waals surface area contributed by atoms with Crippen molar-refractivity contribution in [3.63, 3.8) is 0 Å². The summed E-state index contributed by atoms with van der Waals surface area (Å²) < 4.78 is 26.1. The van der Waals surface area contributed by atoms with Crippen LogP contribution in [-0.2, 0) is 0 Å². The van der Waals surface area contributed by atoms with Crippen molar-refractivity contribution in [2.75, 3.05) is 10.6 Å². The molecule has 6 heteroatoms. The van der Waals surface area contributed by atoms with Gasteiger partial charge in [-0.05, 0) is 31.2 Å². The molecule has 3 N–H and O–H groups in total. The van der Waals surface area contributed by atoms with Gasteiger partial charge in [-0.1, -0.05) is 6.07 Å². The summed E-state index contributed by atoms with van der Waals surface area (Å²) in [4.78, 5) is 11.7. The molecule has 104 valence electrons. The third-order valence-electron chi connectivity index (χ3n) is 2.73. The Labute approximate surface area is 114 Å². The lowest BCUT2D eigenvalue weighted by Gasteiger charge is -2.11. The molecular weight excluding hydrogens is 266 g/mol. The average molecular weight is 278 g/mol. The molecule has 0 fully saturated rings. The van der Waals surface area contributed by atoms with Gasteiger partial charge in [-0.25, -0.2) is 13.6 Å². The molecule has 0 atom stereocenters. The van der Waals surface area contributed by atoms with Crippen molar-refractivity contribution in [1.82, 2.24) is 0 Å². The van der Waals surface area contributed by atoms with E-state index in [9.17, 15) is 18.7 Å². The number of halogens is 2. The molecule has 20 heavy (non-hydrogen) atoms. The van der Waals surface area contributed by atoms with Gasteiger partial charge in [0.25, 0.3) is 0 Å². The van der Waals surface area contributed by atoms with E-state index < -0.39 is 17.7 Å². The van der Waals surface area contributed by atoms with Gasteiger partial charge in [0.2, 0.25) is 0 Å². The van der Waals surface area contributed by atoms with Gasteiger partial charge in [0, 0.05) is 17.3 Å². The highest BCUT2D eigenvalue weighted by atomic mass is 19.1. The van der Waals surface area contributed by atoms with Crippen LogP contribution < -0.4 is 10.6 Å². The fourth-order valence-corrected chi connectivity index (χ4v) is 1.63.